The van der Waals surface area contributed by atoms with Crippen LogP contribution in [0.15, 0.2) is 24.3 Å². The number of nitrogens with zero attached hydrogens (tertiary/aromatic N) is 1. The molecule has 6 nitrogen and oxygen atoms in total. The Hall–Kier alpha value is -2.52. The molecule has 1 aliphatic rings. The van der Waals surface area contributed by atoms with Gasteiger partial charge in [-0.1, -0.05) is 30.9 Å². The number of aliphatic hydroxyl groups is 1. The number of esters is 1. The molecule has 0 bridgehead atoms. The van der Waals surface area contributed by atoms with Gasteiger partial charge in [0.05, 0.1) is 11.6 Å². The van der Waals surface area contributed by atoms with Crippen LogP contribution in [-0.2, 0) is 14.3 Å². The molecular weight excluding hydrogens is 430 g/mol. The molecule has 2 unspecified atom stereocenters. The Kier molecular flexibility index (Phi) is 8.15. The highest BCUT2D eigenvalue weighted by Gasteiger charge is 2.43. The third-order valence-corrected chi connectivity index (χ3v) is 6.03. The van der Waals surface area contributed by atoms with Gasteiger partial charge in [0.2, 0.25) is 0 Å². The van der Waals surface area contributed by atoms with Crippen LogP contribution in [0.3, 0.4) is 0 Å². The van der Waals surface area contributed by atoms with E-state index in [0.29, 0.717) is 25.8 Å². The van der Waals surface area contributed by atoms with Gasteiger partial charge >= 0.3 is 12.1 Å². The number of cyclic esters (lactones) is 1. The van der Waals surface area contributed by atoms with Crippen LogP contribution < -0.4 is 0 Å². The highest BCUT2D eigenvalue weighted by Crippen LogP contribution is 2.37. The van der Waals surface area contributed by atoms with Crippen molar-refractivity contribution in [2.24, 2.45) is 5.41 Å². The van der Waals surface area contributed by atoms with Gasteiger partial charge in [0.25, 0.3) is 0 Å². The molecule has 6 heteroatoms. The number of rotatable bonds is 6. The van der Waals surface area contributed by atoms with Crippen molar-refractivity contribution in [1.82, 2.24) is 4.90 Å². The minimum atomic E-state index is -0.925. The van der Waals surface area contributed by atoms with E-state index in [2.05, 4.69) is 11.8 Å². The molecule has 1 amide bonds. The summed E-state index contributed by atoms with van der Waals surface area (Å²) in [6, 6.07) is 7.51. The van der Waals surface area contributed by atoms with Gasteiger partial charge in [0.15, 0.2) is 0 Å². The van der Waals surface area contributed by atoms with E-state index in [-0.39, 0.29) is 18.1 Å². The maximum atomic E-state index is 12.9. The van der Waals surface area contributed by atoms with Crippen LogP contribution in [0.2, 0.25) is 0 Å². The van der Waals surface area contributed by atoms with E-state index in [4.69, 9.17) is 9.47 Å². The first kappa shape index (κ1) is 27.7. The topological polar surface area (TPSA) is 76.1 Å². The molecule has 34 heavy (non-hydrogen) atoms. The van der Waals surface area contributed by atoms with Crippen LogP contribution in [-0.4, -0.2) is 45.4 Å². The third-order valence-electron chi connectivity index (χ3n) is 6.03. The quantitative estimate of drug-likeness (QED) is 0.430. The predicted octanol–water partition coefficient (Wildman–Crippen LogP) is 5.62. The van der Waals surface area contributed by atoms with Crippen LogP contribution in [0.25, 0.3) is 0 Å². The van der Waals surface area contributed by atoms with Crippen LogP contribution in [0.5, 0.6) is 0 Å². The second-order valence-electron chi connectivity index (χ2n) is 11.5. The number of hydrogen-bond acceptors (Lipinski definition) is 5. The van der Waals surface area contributed by atoms with E-state index < -0.39 is 22.2 Å². The number of carbonyl (C=O) groups is 2. The van der Waals surface area contributed by atoms with Gasteiger partial charge in [-0.05, 0) is 79.5 Å². The Morgan fingerprint density at radius 2 is 1.76 bits per heavy atom. The largest absolute Gasteiger partial charge is 0.459 e. The minimum absolute atomic E-state index is 0.162. The number of ether oxygens (including phenoxy) is 2. The van der Waals surface area contributed by atoms with Gasteiger partial charge < -0.3 is 19.5 Å². The Balaban J connectivity index is 2.09. The van der Waals surface area contributed by atoms with Crippen LogP contribution >= 0.6 is 0 Å². The lowest BCUT2D eigenvalue weighted by atomic mass is 9.83. The average molecular weight is 472 g/mol. The summed E-state index contributed by atoms with van der Waals surface area (Å²) in [6.07, 6.45) is 1.40. The van der Waals surface area contributed by atoms with Gasteiger partial charge in [-0.3, -0.25) is 4.79 Å². The zero-order valence-corrected chi connectivity index (χ0v) is 22.2. The van der Waals surface area contributed by atoms with E-state index >= 15 is 0 Å². The minimum Gasteiger partial charge on any atom is -0.459 e. The number of benzene rings is 1. The Bertz CT molecular complexity index is 940. The first-order valence-corrected chi connectivity index (χ1v) is 12.1. The lowest BCUT2D eigenvalue weighted by Crippen LogP contribution is -2.52. The van der Waals surface area contributed by atoms with Gasteiger partial charge in [-0.25, -0.2) is 4.79 Å². The van der Waals surface area contributed by atoms with Gasteiger partial charge in [-0.2, -0.15) is 0 Å². The monoisotopic (exact) mass is 471 g/mol. The molecule has 1 N–H and O–H groups in total. The molecule has 1 saturated heterocycles. The Morgan fingerprint density at radius 3 is 2.24 bits per heavy atom. The molecular formula is C28H41NO5. The fourth-order valence-electron chi connectivity index (χ4n) is 4.06. The Labute approximate surface area is 205 Å². The molecule has 1 fully saturated rings. The standard InChI is InChI=1S/C28H41NO5/c1-10-28(19-27(8,9)32)17-18-29(24(31)34-28)20(2)22-13-11-21(12-14-22)15-16-26(6,7)23(30)33-25(3,4)5/h11-14,20,32H,10,17-19H2,1-9H3. The molecule has 0 radical (unpaired) electrons. The smallest absolute Gasteiger partial charge is 0.410 e. The second-order valence-corrected chi connectivity index (χ2v) is 11.5. The first-order chi connectivity index (χ1) is 15.5. The highest BCUT2D eigenvalue weighted by atomic mass is 16.6. The molecule has 0 saturated carbocycles. The average Bonchev–Trinajstić information content (AvgIpc) is 2.70. The first-order valence-electron chi connectivity index (χ1n) is 12.1. The summed E-state index contributed by atoms with van der Waals surface area (Å²) in [6.45, 7) is 17.0. The summed E-state index contributed by atoms with van der Waals surface area (Å²) in [4.78, 5) is 27.0. The van der Waals surface area contributed by atoms with E-state index in [1.807, 2.05) is 58.9 Å². The van der Waals surface area contributed by atoms with Gasteiger partial charge in [0, 0.05) is 24.9 Å². The Morgan fingerprint density at radius 1 is 1.18 bits per heavy atom. The van der Waals surface area contributed by atoms with Gasteiger partial charge in [0.1, 0.15) is 16.6 Å². The van der Waals surface area contributed by atoms with Crippen molar-refractivity contribution in [3.8, 4) is 11.8 Å². The lowest BCUT2D eigenvalue weighted by Gasteiger charge is -2.44. The summed E-state index contributed by atoms with van der Waals surface area (Å²) in [7, 11) is 0. The van der Waals surface area contributed by atoms with Crippen molar-refractivity contribution < 1.29 is 24.2 Å². The van der Waals surface area contributed by atoms with Gasteiger partial charge in [-0.15, -0.1) is 0 Å². The maximum Gasteiger partial charge on any atom is 0.410 e. The van der Waals surface area contributed by atoms with E-state index in [1.165, 1.54) is 0 Å². The summed E-state index contributed by atoms with van der Waals surface area (Å²) in [5.41, 5.74) is -1.27. The summed E-state index contributed by atoms with van der Waals surface area (Å²) < 4.78 is 11.3. The molecule has 1 heterocycles. The summed E-state index contributed by atoms with van der Waals surface area (Å²) in [5, 5.41) is 10.3. The predicted molar refractivity (Wildman–Crippen MR) is 133 cm³/mol. The molecule has 2 rings (SSSR count). The number of hydrogen-bond donors (Lipinski definition) is 1. The van der Waals surface area contributed by atoms with Crippen LogP contribution in [0.1, 0.15) is 98.7 Å². The lowest BCUT2D eigenvalue weighted by molar-refractivity contribution is -0.162. The molecule has 1 aromatic carbocycles. The van der Waals surface area contributed by atoms with Crippen LogP contribution in [0, 0.1) is 17.3 Å². The normalized spacial score (nSPS) is 20.2. The molecule has 0 aliphatic carbocycles. The van der Waals surface area contributed by atoms with E-state index in [1.54, 1.807) is 32.6 Å². The second kappa shape index (κ2) is 10.00. The number of carbonyl (C=O) groups excluding carboxylic acids is 2. The zero-order chi connectivity index (χ0) is 25.9. The van der Waals surface area contributed by atoms with Crippen molar-refractivity contribution in [2.75, 3.05) is 6.54 Å². The molecule has 2 atom stereocenters. The zero-order valence-electron chi connectivity index (χ0n) is 22.2. The SMILES string of the molecule is CCC1(CC(C)(C)O)CCN(C(C)c2ccc(C#CC(C)(C)C(=O)OC(C)(C)C)cc2)C(=O)O1. The van der Waals surface area contributed by atoms with Crippen molar-refractivity contribution >= 4 is 12.1 Å². The number of amides is 1. The molecule has 1 aromatic rings. The van der Waals surface area contributed by atoms with Crippen molar-refractivity contribution in [3.63, 3.8) is 0 Å². The molecule has 188 valence electrons. The van der Waals surface area contributed by atoms with Crippen molar-refractivity contribution in [1.29, 1.82) is 0 Å². The van der Waals surface area contributed by atoms with Crippen molar-refractivity contribution in [2.45, 2.75) is 104 Å². The van der Waals surface area contributed by atoms with E-state index in [9.17, 15) is 14.7 Å². The molecule has 0 spiro atoms. The third kappa shape index (κ3) is 7.50. The summed E-state index contributed by atoms with van der Waals surface area (Å²) in [5.74, 6) is 5.73. The van der Waals surface area contributed by atoms with Crippen LogP contribution in [0.4, 0.5) is 4.79 Å². The molecule has 0 aromatic heterocycles. The maximum absolute atomic E-state index is 12.9. The van der Waals surface area contributed by atoms with Crippen molar-refractivity contribution in [3.05, 3.63) is 35.4 Å². The fourth-order valence-corrected chi connectivity index (χ4v) is 4.06. The highest BCUT2D eigenvalue weighted by molar-refractivity contribution is 5.80. The van der Waals surface area contributed by atoms with E-state index in [0.717, 1.165) is 11.1 Å². The molecule has 1 aliphatic heterocycles. The fraction of sp³-hybridized carbons (Fsp3) is 0.643. The summed E-state index contributed by atoms with van der Waals surface area (Å²) >= 11 is 0.